The van der Waals surface area contributed by atoms with Gasteiger partial charge in [-0.1, -0.05) is 0 Å². The summed E-state index contributed by atoms with van der Waals surface area (Å²) in [6.45, 7) is 1.63. The topological polar surface area (TPSA) is 154 Å². The molecule has 0 saturated carbocycles. The molecule has 0 fully saturated rings. The number of nitrogens with zero attached hydrogens (tertiary/aromatic N) is 2. The summed E-state index contributed by atoms with van der Waals surface area (Å²) < 4.78 is 10.2. The molecule has 1 aromatic carbocycles. The van der Waals surface area contributed by atoms with Crippen molar-refractivity contribution in [2.45, 2.75) is 13.5 Å². The number of carbonyl (C=O) groups is 3. The summed E-state index contributed by atoms with van der Waals surface area (Å²) in [6.07, 6.45) is 0. The second-order valence-electron chi connectivity index (χ2n) is 6.18. The lowest BCUT2D eigenvalue weighted by Crippen LogP contribution is -2.18. The number of hydrogen-bond donors (Lipinski definition) is 2. The van der Waals surface area contributed by atoms with Gasteiger partial charge >= 0.3 is 5.97 Å². The molecule has 3 aromatic rings. The number of benzene rings is 1. The van der Waals surface area contributed by atoms with Gasteiger partial charge < -0.3 is 14.5 Å². The maximum atomic E-state index is 12.6. The lowest BCUT2D eigenvalue weighted by Gasteiger charge is -2.05. The molecule has 11 nitrogen and oxygen atoms in total. The normalized spacial score (nSPS) is 10.4. The van der Waals surface area contributed by atoms with Crippen molar-refractivity contribution in [3.63, 3.8) is 0 Å². The van der Waals surface area contributed by atoms with E-state index in [-0.39, 0.29) is 28.7 Å². The fraction of sp³-hybridized carbons (Fsp3) is 0.158. The number of nitro benzene ring substituents is 1. The van der Waals surface area contributed by atoms with Crippen LogP contribution in [-0.2, 0) is 16.1 Å². The van der Waals surface area contributed by atoms with Gasteiger partial charge in [-0.2, -0.15) is 0 Å². The second-order valence-corrected chi connectivity index (χ2v) is 7.04. The first-order valence-corrected chi connectivity index (χ1v) is 9.63. The van der Waals surface area contributed by atoms with E-state index in [0.29, 0.717) is 17.2 Å². The van der Waals surface area contributed by atoms with E-state index in [1.807, 2.05) is 0 Å². The molecule has 0 atom stereocenters. The Kier molecular flexibility index (Phi) is 6.40. The van der Waals surface area contributed by atoms with Gasteiger partial charge in [0.2, 0.25) is 5.91 Å². The fourth-order valence-corrected chi connectivity index (χ4v) is 3.21. The van der Waals surface area contributed by atoms with Crippen molar-refractivity contribution in [1.29, 1.82) is 0 Å². The summed E-state index contributed by atoms with van der Waals surface area (Å²) in [7, 11) is 1.13. The van der Waals surface area contributed by atoms with Crippen LogP contribution in [0.5, 0.6) is 0 Å². The largest absolute Gasteiger partial charge is 0.465 e. The van der Waals surface area contributed by atoms with Crippen LogP contribution in [0.15, 0.2) is 40.1 Å². The lowest BCUT2D eigenvalue weighted by atomic mass is 10.1. The first-order chi connectivity index (χ1) is 14.8. The minimum atomic E-state index is -0.804. The zero-order valence-corrected chi connectivity index (χ0v) is 17.1. The highest BCUT2D eigenvalue weighted by molar-refractivity contribution is 7.14. The van der Waals surface area contributed by atoms with Crippen molar-refractivity contribution in [2.24, 2.45) is 0 Å². The summed E-state index contributed by atoms with van der Waals surface area (Å²) >= 11 is 1.12. The quantitative estimate of drug-likeness (QED) is 0.320. The van der Waals surface area contributed by atoms with Gasteiger partial charge in [0.1, 0.15) is 11.5 Å². The Hall–Kier alpha value is -4.06. The molecule has 0 radical (unpaired) electrons. The predicted octanol–water partition coefficient (Wildman–Crippen LogP) is 2.99. The van der Waals surface area contributed by atoms with Crippen LogP contribution in [0.4, 0.5) is 10.8 Å². The number of aromatic nitrogens is 1. The van der Waals surface area contributed by atoms with Crippen LogP contribution in [0, 0.1) is 10.1 Å². The van der Waals surface area contributed by atoms with Gasteiger partial charge in [0, 0.05) is 30.0 Å². The highest BCUT2D eigenvalue weighted by Gasteiger charge is 2.19. The number of anilines is 1. The van der Waals surface area contributed by atoms with Gasteiger partial charge in [0.25, 0.3) is 11.6 Å². The number of amides is 2. The van der Waals surface area contributed by atoms with Gasteiger partial charge in [-0.3, -0.25) is 25.0 Å². The average molecular weight is 444 g/mol. The second kappa shape index (κ2) is 9.17. The number of carbonyl (C=O) groups excluding carboxylic acids is 3. The fourth-order valence-electron chi connectivity index (χ4n) is 2.52. The van der Waals surface area contributed by atoms with Crippen molar-refractivity contribution in [3.05, 3.63) is 62.7 Å². The monoisotopic (exact) mass is 444 g/mol. The van der Waals surface area contributed by atoms with Gasteiger partial charge in [0.05, 0.1) is 24.1 Å². The van der Waals surface area contributed by atoms with Crippen molar-refractivity contribution >= 4 is 39.9 Å². The molecule has 0 spiro atoms. The summed E-state index contributed by atoms with van der Waals surface area (Å²) in [4.78, 5) is 50.0. The number of non-ortho nitro benzene ring substituents is 1. The molecule has 2 heterocycles. The zero-order valence-electron chi connectivity index (χ0n) is 16.3. The Morgan fingerprint density at radius 3 is 2.65 bits per heavy atom. The van der Waals surface area contributed by atoms with Gasteiger partial charge in [0.15, 0.2) is 10.9 Å². The third kappa shape index (κ3) is 5.30. The van der Waals surface area contributed by atoms with Gasteiger partial charge in [-0.15, -0.1) is 11.3 Å². The molecule has 12 heteroatoms. The van der Waals surface area contributed by atoms with E-state index >= 15 is 0 Å². The van der Waals surface area contributed by atoms with Crippen LogP contribution in [0.1, 0.15) is 33.4 Å². The summed E-state index contributed by atoms with van der Waals surface area (Å²) in [6, 6.07) is 6.65. The number of nitrogens with one attached hydrogen (secondary N) is 2. The number of hydrogen-bond acceptors (Lipinski definition) is 9. The van der Waals surface area contributed by atoms with Crippen LogP contribution in [0.3, 0.4) is 0 Å². The molecule has 2 aromatic heterocycles. The SMILES string of the molecule is COC(=O)c1cc(C(=O)Nc2nc(-c3ccc(CNC(C)=O)o3)cs2)cc([N+](=O)[O-])c1. The summed E-state index contributed by atoms with van der Waals surface area (Å²) in [5.74, 6) is -0.688. The molecule has 31 heavy (non-hydrogen) atoms. The minimum absolute atomic E-state index is 0.0954. The summed E-state index contributed by atoms with van der Waals surface area (Å²) in [5.41, 5.74) is -0.176. The Balaban J connectivity index is 1.77. The van der Waals surface area contributed by atoms with Crippen molar-refractivity contribution < 1.29 is 28.5 Å². The molecule has 160 valence electrons. The smallest absolute Gasteiger partial charge is 0.338 e. The molecule has 0 aliphatic rings. The first-order valence-electron chi connectivity index (χ1n) is 8.75. The van der Waals surface area contributed by atoms with E-state index in [2.05, 4.69) is 20.4 Å². The van der Waals surface area contributed by atoms with Gasteiger partial charge in [-0.25, -0.2) is 9.78 Å². The zero-order chi connectivity index (χ0) is 22.5. The van der Waals surface area contributed by atoms with Crippen LogP contribution in [0.25, 0.3) is 11.5 Å². The van der Waals surface area contributed by atoms with Crippen molar-refractivity contribution in [2.75, 3.05) is 12.4 Å². The van der Waals surface area contributed by atoms with Crippen LogP contribution < -0.4 is 10.6 Å². The van der Waals surface area contributed by atoms with Crippen LogP contribution >= 0.6 is 11.3 Å². The summed E-state index contributed by atoms with van der Waals surface area (Å²) in [5, 5.41) is 18.2. The minimum Gasteiger partial charge on any atom is -0.465 e. The molecule has 0 unspecified atom stereocenters. The number of rotatable bonds is 7. The van der Waals surface area contributed by atoms with E-state index in [0.717, 1.165) is 30.6 Å². The number of methoxy groups -OCH3 is 1. The molecular weight excluding hydrogens is 428 g/mol. The molecular formula is C19H16N4O7S. The maximum Gasteiger partial charge on any atom is 0.338 e. The van der Waals surface area contributed by atoms with Crippen molar-refractivity contribution in [3.8, 4) is 11.5 Å². The Labute approximate surface area is 179 Å². The van der Waals surface area contributed by atoms with Gasteiger partial charge in [-0.05, 0) is 18.2 Å². The number of thiazole rings is 1. The molecule has 2 N–H and O–H groups in total. The van der Waals surface area contributed by atoms with E-state index in [4.69, 9.17) is 4.42 Å². The van der Waals surface area contributed by atoms with E-state index < -0.39 is 22.5 Å². The maximum absolute atomic E-state index is 12.6. The molecule has 2 amide bonds. The molecule has 0 bridgehead atoms. The number of nitro groups is 1. The van der Waals surface area contributed by atoms with Crippen LogP contribution in [0.2, 0.25) is 0 Å². The third-order valence-electron chi connectivity index (χ3n) is 3.96. The molecule has 0 aliphatic heterocycles. The van der Waals surface area contributed by atoms with E-state index in [9.17, 15) is 24.5 Å². The molecule has 3 rings (SSSR count). The number of esters is 1. The lowest BCUT2D eigenvalue weighted by molar-refractivity contribution is -0.384. The van der Waals surface area contributed by atoms with E-state index in [1.54, 1.807) is 17.5 Å². The first kappa shape index (κ1) is 21.6. The van der Waals surface area contributed by atoms with Crippen LogP contribution in [-0.4, -0.2) is 34.8 Å². The highest BCUT2D eigenvalue weighted by Crippen LogP contribution is 2.27. The standard InChI is InChI=1S/C19H16N4O7S/c1-10(24)20-8-14-3-4-16(30-14)15-9-31-19(21-15)22-17(25)11-5-12(18(26)29-2)7-13(6-11)23(27)28/h3-7,9H,8H2,1-2H3,(H,20,24)(H,21,22,25). The average Bonchev–Trinajstić information content (AvgIpc) is 3.40. The van der Waals surface area contributed by atoms with E-state index in [1.165, 1.54) is 13.0 Å². The number of ether oxygens (including phenoxy) is 1. The third-order valence-corrected chi connectivity index (χ3v) is 4.72. The Bertz CT molecular complexity index is 1170. The highest BCUT2D eigenvalue weighted by atomic mass is 32.1. The Morgan fingerprint density at radius 2 is 1.97 bits per heavy atom. The Morgan fingerprint density at radius 1 is 1.23 bits per heavy atom. The molecule has 0 aliphatic carbocycles. The van der Waals surface area contributed by atoms with Crippen molar-refractivity contribution in [1.82, 2.24) is 10.3 Å². The molecule has 0 saturated heterocycles. The number of furan rings is 1. The predicted molar refractivity (Wildman–Crippen MR) is 110 cm³/mol.